The van der Waals surface area contributed by atoms with Gasteiger partial charge in [0, 0.05) is 0 Å². The van der Waals surface area contributed by atoms with Crippen LogP contribution in [0.2, 0.25) is 12.6 Å². The number of hydrogen-bond donors (Lipinski definition) is 0. The van der Waals surface area contributed by atoms with Crippen LogP contribution < -0.4 is 0 Å². The molecule has 1 radical (unpaired) electrons. The summed E-state index contributed by atoms with van der Waals surface area (Å²) in [6.45, 7) is 0. The minimum absolute atomic E-state index is 0.827. The largest absolute Gasteiger partial charge is 0.110 e. The summed E-state index contributed by atoms with van der Waals surface area (Å²) in [5, 5.41) is 0. The molecule has 2 atom stereocenters. The van der Waals surface area contributed by atoms with Gasteiger partial charge in [0.2, 0.25) is 0 Å². The van der Waals surface area contributed by atoms with Gasteiger partial charge in [-0.2, -0.15) is 0 Å². The summed E-state index contributed by atoms with van der Waals surface area (Å²) in [5.74, 6) is 1.75. The molecule has 0 spiro atoms. The Balaban J connectivity index is 1.91. The van der Waals surface area contributed by atoms with Gasteiger partial charge in [-0.05, 0) is 35.8 Å². The zero-order chi connectivity index (χ0) is 10.1. The second-order valence-corrected chi connectivity index (χ2v) is 4.88. The summed E-state index contributed by atoms with van der Waals surface area (Å²) in [4.78, 5) is 0. The third-order valence-electron chi connectivity index (χ3n) is 3.70. The van der Waals surface area contributed by atoms with Crippen molar-refractivity contribution in [2.45, 2.75) is 25.5 Å². The van der Waals surface area contributed by atoms with Crippen molar-refractivity contribution >= 4 is 12.9 Å². The van der Waals surface area contributed by atoms with Crippen LogP contribution in [-0.2, 0) is 0 Å². The van der Waals surface area contributed by atoms with Crippen LogP contribution in [-0.4, -0.2) is 7.28 Å². The van der Waals surface area contributed by atoms with Gasteiger partial charge in [0.25, 0.3) is 0 Å². The molecule has 1 saturated heterocycles. The second kappa shape index (κ2) is 3.88. The fourth-order valence-electron chi connectivity index (χ4n) is 3.00. The van der Waals surface area contributed by atoms with E-state index in [0.29, 0.717) is 0 Å². The highest BCUT2D eigenvalue weighted by molar-refractivity contribution is 6.36. The van der Waals surface area contributed by atoms with Gasteiger partial charge in [-0.25, -0.2) is 0 Å². The molecule has 0 amide bonds. The first-order valence-corrected chi connectivity index (χ1v) is 5.99. The highest BCUT2D eigenvalue weighted by Crippen LogP contribution is 2.40. The predicted octanol–water partition coefficient (Wildman–Crippen LogP) is 3.65. The average molecular weight is 195 g/mol. The second-order valence-electron chi connectivity index (χ2n) is 4.88. The number of hydrogen-bond acceptors (Lipinski definition) is 0. The van der Waals surface area contributed by atoms with Crippen LogP contribution in [0.25, 0.3) is 5.57 Å². The lowest BCUT2D eigenvalue weighted by Crippen LogP contribution is -2.22. The molecular formula is C14H16B. The quantitative estimate of drug-likeness (QED) is 0.600. The molecule has 1 aromatic carbocycles. The molecule has 0 unspecified atom stereocenters. The van der Waals surface area contributed by atoms with E-state index in [1.165, 1.54) is 31.0 Å². The van der Waals surface area contributed by atoms with Crippen molar-refractivity contribution in [3.63, 3.8) is 0 Å². The lowest BCUT2D eigenvalue weighted by molar-refractivity contribution is 0.434. The first kappa shape index (κ1) is 9.27. The fourth-order valence-corrected chi connectivity index (χ4v) is 3.00. The molecule has 2 aliphatic rings. The highest BCUT2D eigenvalue weighted by atomic mass is 14.3. The predicted molar refractivity (Wildman–Crippen MR) is 66.0 cm³/mol. The van der Waals surface area contributed by atoms with Crippen molar-refractivity contribution in [1.82, 2.24) is 0 Å². The Hall–Kier alpha value is -0.975. The summed E-state index contributed by atoms with van der Waals surface area (Å²) < 4.78 is 0. The molecule has 1 heteroatoms. The molecule has 1 fully saturated rings. The SMILES string of the molecule is [B]1C[C@H]2C=C(c3ccccc3)C[C@@H](C1)C2. The van der Waals surface area contributed by atoms with Crippen molar-refractivity contribution in [3.05, 3.63) is 42.0 Å². The Labute approximate surface area is 92.6 Å². The van der Waals surface area contributed by atoms with Gasteiger partial charge in [-0.1, -0.05) is 49.0 Å². The van der Waals surface area contributed by atoms with Crippen molar-refractivity contribution in [3.8, 4) is 0 Å². The van der Waals surface area contributed by atoms with Crippen LogP contribution in [0.5, 0.6) is 0 Å². The molecule has 1 aliphatic heterocycles. The molecule has 1 aliphatic carbocycles. The number of fused-ring (bicyclic) bond motifs is 2. The molecule has 15 heavy (non-hydrogen) atoms. The molecule has 0 saturated carbocycles. The van der Waals surface area contributed by atoms with E-state index >= 15 is 0 Å². The van der Waals surface area contributed by atoms with Crippen LogP contribution in [0.3, 0.4) is 0 Å². The minimum Gasteiger partial charge on any atom is -0.0783 e. The lowest BCUT2D eigenvalue weighted by atomic mass is 9.53. The number of rotatable bonds is 1. The zero-order valence-electron chi connectivity index (χ0n) is 9.02. The molecule has 75 valence electrons. The van der Waals surface area contributed by atoms with Gasteiger partial charge in [-0.3, -0.25) is 0 Å². The summed E-state index contributed by atoms with van der Waals surface area (Å²) in [6, 6.07) is 10.9. The van der Waals surface area contributed by atoms with Crippen molar-refractivity contribution in [1.29, 1.82) is 0 Å². The maximum Gasteiger partial charge on any atom is 0.110 e. The first-order valence-electron chi connectivity index (χ1n) is 5.99. The molecule has 2 bridgehead atoms. The summed E-state index contributed by atoms with van der Waals surface area (Å²) >= 11 is 0. The fraction of sp³-hybridized carbons (Fsp3) is 0.429. The molecule has 1 heterocycles. The van der Waals surface area contributed by atoms with E-state index < -0.39 is 0 Å². The maximum absolute atomic E-state index is 2.52. The molecular weight excluding hydrogens is 179 g/mol. The Morgan fingerprint density at radius 3 is 2.73 bits per heavy atom. The third-order valence-corrected chi connectivity index (χ3v) is 3.70. The van der Waals surface area contributed by atoms with E-state index in [4.69, 9.17) is 0 Å². The molecule has 0 nitrogen and oxygen atoms in total. The monoisotopic (exact) mass is 195 g/mol. The zero-order valence-corrected chi connectivity index (χ0v) is 9.02. The minimum atomic E-state index is 0.827. The van der Waals surface area contributed by atoms with Gasteiger partial charge in [0.15, 0.2) is 0 Å². The van der Waals surface area contributed by atoms with Gasteiger partial charge in [0.05, 0.1) is 0 Å². The van der Waals surface area contributed by atoms with Crippen LogP contribution in [0.1, 0.15) is 18.4 Å². The standard InChI is InChI=1S/C14H16B/c1-2-4-13(5-3-1)14-7-11-6-12(8-14)10-15-9-11/h1-5,7,11-12H,6,8-10H2/t11-,12+/m1/s1. The van der Waals surface area contributed by atoms with E-state index in [-0.39, 0.29) is 0 Å². The van der Waals surface area contributed by atoms with Crippen molar-refractivity contribution in [2.75, 3.05) is 0 Å². The van der Waals surface area contributed by atoms with Crippen LogP contribution in [0.4, 0.5) is 0 Å². The van der Waals surface area contributed by atoms with E-state index in [9.17, 15) is 0 Å². The third kappa shape index (κ3) is 1.88. The maximum atomic E-state index is 2.52. The van der Waals surface area contributed by atoms with Crippen LogP contribution >= 0.6 is 0 Å². The molecule has 3 rings (SSSR count). The Morgan fingerprint density at radius 2 is 1.93 bits per heavy atom. The van der Waals surface area contributed by atoms with Gasteiger partial charge in [-0.15, -0.1) is 0 Å². The summed E-state index contributed by atoms with van der Waals surface area (Å²) in [6.07, 6.45) is 7.86. The first-order chi connectivity index (χ1) is 7.42. The van der Waals surface area contributed by atoms with Gasteiger partial charge < -0.3 is 0 Å². The lowest BCUT2D eigenvalue weighted by Gasteiger charge is -2.33. The van der Waals surface area contributed by atoms with Crippen molar-refractivity contribution < 1.29 is 0 Å². The highest BCUT2D eigenvalue weighted by Gasteiger charge is 2.26. The van der Waals surface area contributed by atoms with E-state index in [1.807, 2.05) is 0 Å². The number of allylic oxidation sites excluding steroid dienone is 2. The summed E-state index contributed by atoms with van der Waals surface area (Å²) in [5.41, 5.74) is 3.03. The smallest absolute Gasteiger partial charge is 0.0783 e. The van der Waals surface area contributed by atoms with Crippen molar-refractivity contribution in [2.24, 2.45) is 11.8 Å². The van der Waals surface area contributed by atoms with Crippen LogP contribution in [0, 0.1) is 11.8 Å². The van der Waals surface area contributed by atoms with Gasteiger partial charge in [0.1, 0.15) is 7.28 Å². The molecule has 0 aromatic heterocycles. The Bertz CT molecular complexity index is 366. The van der Waals surface area contributed by atoms with Crippen LogP contribution in [0.15, 0.2) is 36.4 Å². The normalized spacial score (nSPS) is 29.2. The van der Waals surface area contributed by atoms with Gasteiger partial charge >= 0.3 is 0 Å². The Morgan fingerprint density at radius 1 is 1.07 bits per heavy atom. The molecule has 1 aromatic rings. The van der Waals surface area contributed by atoms with E-state index in [2.05, 4.69) is 43.7 Å². The average Bonchev–Trinajstić information content (AvgIpc) is 2.30. The van der Waals surface area contributed by atoms with E-state index in [0.717, 1.165) is 11.8 Å². The summed E-state index contributed by atoms with van der Waals surface area (Å²) in [7, 11) is 2.48. The number of benzene rings is 1. The molecule has 0 N–H and O–H groups in total. The van der Waals surface area contributed by atoms with E-state index in [1.54, 1.807) is 5.57 Å². The Kier molecular flexibility index (Phi) is 2.40. The topological polar surface area (TPSA) is 0 Å².